The Morgan fingerprint density at radius 1 is 1.23 bits per heavy atom. The Morgan fingerprint density at radius 3 is 2.32 bits per heavy atom. The van der Waals surface area contributed by atoms with Gasteiger partial charge in [-0.05, 0) is 26.0 Å². The average Bonchev–Trinajstić information content (AvgIpc) is 2.92. The van der Waals surface area contributed by atoms with Crippen LogP contribution in [0.2, 0.25) is 0 Å². The second-order valence-corrected chi connectivity index (χ2v) is 5.40. The van der Waals surface area contributed by atoms with Crippen LogP contribution >= 0.6 is 11.3 Å². The topological polar surface area (TPSA) is 82.6 Å². The summed E-state index contributed by atoms with van der Waals surface area (Å²) < 4.78 is 16.1. The van der Waals surface area contributed by atoms with Crippen molar-refractivity contribution >= 4 is 22.4 Å². The van der Waals surface area contributed by atoms with Crippen LogP contribution in [0, 0.1) is 6.92 Å². The van der Waals surface area contributed by atoms with Crippen molar-refractivity contribution in [1.82, 2.24) is 10.2 Å². The number of aryl methyl sites for hydroxylation is 1. The smallest absolute Gasteiger partial charge is 0.257 e. The van der Waals surface area contributed by atoms with Gasteiger partial charge in [0.2, 0.25) is 10.9 Å². The molecule has 0 atom stereocenters. The van der Waals surface area contributed by atoms with Crippen molar-refractivity contribution in [2.75, 3.05) is 26.1 Å². The summed E-state index contributed by atoms with van der Waals surface area (Å²) in [6.07, 6.45) is 0. The molecule has 2 aromatic rings. The number of methoxy groups -OCH3 is 2. The number of rotatable bonds is 6. The monoisotopic (exact) mass is 323 g/mol. The lowest BCUT2D eigenvalue weighted by molar-refractivity contribution is 0.102. The third-order valence-corrected chi connectivity index (χ3v) is 3.51. The van der Waals surface area contributed by atoms with Crippen LogP contribution in [0.3, 0.4) is 0 Å². The van der Waals surface area contributed by atoms with E-state index in [-0.39, 0.29) is 5.91 Å². The standard InChI is InChI=1S/C14H17N3O4S/c1-5-21-12-10(19-3)6-9(7-11(12)20-4)13(18)15-14-17-16-8(2)22-14/h6-7H,5H2,1-4H3,(H,15,17,18). The molecule has 1 aromatic carbocycles. The minimum atomic E-state index is -0.323. The molecule has 1 N–H and O–H groups in total. The zero-order chi connectivity index (χ0) is 16.1. The van der Waals surface area contributed by atoms with Gasteiger partial charge in [-0.2, -0.15) is 0 Å². The first-order valence-corrected chi connectivity index (χ1v) is 7.41. The lowest BCUT2D eigenvalue weighted by Gasteiger charge is -2.14. The highest BCUT2D eigenvalue weighted by molar-refractivity contribution is 7.15. The lowest BCUT2D eigenvalue weighted by Crippen LogP contribution is -2.12. The van der Waals surface area contributed by atoms with E-state index >= 15 is 0 Å². The molecule has 118 valence electrons. The van der Waals surface area contributed by atoms with E-state index in [1.165, 1.54) is 25.6 Å². The molecule has 0 radical (unpaired) electrons. The quantitative estimate of drug-likeness (QED) is 0.879. The molecular weight excluding hydrogens is 306 g/mol. The number of nitrogens with zero attached hydrogens (tertiary/aromatic N) is 2. The summed E-state index contributed by atoms with van der Waals surface area (Å²) in [7, 11) is 3.01. The fraction of sp³-hybridized carbons (Fsp3) is 0.357. The van der Waals surface area contributed by atoms with E-state index in [1.54, 1.807) is 12.1 Å². The molecule has 0 bridgehead atoms. The Balaban J connectivity index is 2.32. The van der Waals surface area contributed by atoms with Crippen LogP contribution < -0.4 is 19.5 Å². The second kappa shape index (κ2) is 7.08. The Labute approximate surface area is 132 Å². The molecule has 0 saturated carbocycles. The molecule has 1 amide bonds. The normalized spacial score (nSPS) is 10.2. The number of ether oxygens (including phenoxy) is 3. The molecule has 1 heterocycles. The first-order valence-electron chi connectivity index (χ1n) is 6.59. The minimum absolute atomic E-state index is 0.323. The summed E-state index contributed by atoms with van der Waals surface area (Å²) in [5, 5.41) is 11.6. The highest BCUT2D eigenvalue weighted by Crippen LogP contribution is 2.38. The van der Waals surface area contributed by atoms with Gasteiger partial charge in [0.15, 0.2) is 11.5 Å². The van der Waals surface area contributed by atoms with Crippen molar-refractivity contribution in [2.24, 2.45) is 0 Å². The molecule has 7 nitrogen and oxygen atoms in total. The van der Waals surface area contributed by atoms with Crippen molar-refractivity contribution < 1.29 is 19.0 Å². The molecule has 0 unspecified atom stereocenters. The number of carbonyl (C=O) groups is 1. The Morgan fingerprint density at radius 2 is 1.86 bits per heavy atom. The zero-order valence-electron chi connectivity index (χ0n) is 12.8. The number of amides is 1. The van der Waals surface area contributed by atoms with Gasteiger partial charge in [0.25, 0.3) is 5.91 Å². The maximum Gasteiger partial charge on any atom is 0.257 e. The number of carbonyl (C=O) groups excluding carboxylic acids is 1. The van der Waals surface area contributed by atoms with E-state index in [2.05, 4.69) is 15.5 Å². The molecule has 1 aromatic heterocycles. The maximum absolute atomic E-state index is 12.3. The number of benzene rings is 1. The van der Waals surface area contributed by atoms with E-state index in [4.69, 9.17) is 14.2 Å². The molecule has 2 rings (SSSR count). The zero-order valence-corrected chi connectivity index (χ0v) is 13.6. The summed E-state index contributed by atoms with van der Waals surface area (Å²) in [6.45, 7) is 4.13. The first kappa shape index (κ1) is 16.0. The maximum atomic E-state index is 12.3. The third kappa shape index (κ3) is 3.45. The van der Waals surface area contributed by atoms with E-state index in [0.717, 1.165) is 5.01 Å². The van der Waals surface area contributed by atoms with Crippen LogP contribution in [0.4, 0.5) is 5.13 Å². The summed E-state index contributed by atoms with van der Waals surface area (Å²) >= 11 is 1.30. The predicted octanol–water partition coefficient (Wildman–Crippen LogP) is 2.51. The van der Waals surface area contributed by atoms with Gasteiger partial charge in [-0.3, -0.25) is 10.1 Å². The number of aromatic nitrogens is 2. The van der Waals surface area contributed by atoms with Crippen LogP contribution in [-0.4, -0.2) is 36.9 Å². The highest BCUT2D eigenvalue weighted by atomic mass is 32.1. The summed E-state index contributed by atoms with van der Waals surface area (Å²) in [5.41, 5.74) is 0.380. The van der Waals surface area contributed by atoms with Crippen LogP contribution in [-0.2, 0) is 0 Å². The fourth-order valence-corrected chi connectivity index (χ4v) is 2.40. The Bertz CT molecular complexity index is 647. The lowest BCUT2D eigenvalue weighted by atomic mass is 10.1. The summed E-state index contributed by atoms with van der Waals surface area (Å²) in [5.74, 6) is 1.01. The molecule has 0 fully saturated rings. The van der Waals surface area contributed by atoms with E-state index < -0.39 is 0 Å². The van der Waals surface area contributed by atoms with Gasteiger partial charge in [0.1, 0.15) is 5.01 Å². The van der Waals surface area contributed by atoms with Gasteiger partial charge < -0.3 is 14.2 Å². The molecule has 22 heavy (non-hydrogen) atoms. The van der Waals surface area contributed by atoms with Crippen LogP contribution in [0.15, 0.2) is 12.1 Å². The molecule has 0 aliphatic rings. The number of hydrogen-bond donors (Lipinski definition) is 1. The van der Waals surface area contributed by atoms with Gasteiger partial charge in [-0.1, -0.05) is 11.3 Å². The van der Waals surface area contributed by atoms with Gasteiger partial charge in [-0.25, -0.2) is 0 Å². The van der Waals surface area contributed by atoms with Crippen molar-refractivity contribution in [1.29, 1.82) is 0 Å². The molecular formula is C14H17N3O4S. The Hall–Kier alpha value is -2.35. The SMILES string of the molecule is CCOc1c(OC)cc(C(=O)Nc2nnc(C)s2)cc1OC. The molecule has 8 heteroatoms. The van der Waals surface area contributed by atoms with E-state index in [0.29, 0.717) is 34.6 Å². The predicted molar refractivity (Wildman–Crippen MR) is 83.3 cm³/mol. The average molecular weight is 323 g/mol. The van der Waals surface area contributed by atoms with Gasteiger partial charge >= 0.3 is 0 Å². The number of hydrogen-bond acceptors (Lipinski definition) is 7. The second-order valence-electron chi connectivity index (χ2n) is 4.22. The third-order valence-electron chi connectivity index (χ3n) is 2.76. The van der Waals surface area contributed by atoms with Crippen molar-refractivity contribution in [2.45, 2.75) is 13.8 Å². The molecule has 0 saturated heterocycles. The minimum Gasteiger partial charge on any atom is -0.493 e. The van der Waals surface area contributed by atoms with Crippen LogP contribution in [0.25, 0.3) is 0 Å². The van der Waals surface area contributed by atoms with Crippen molar-refractivity contribution in [3.8, 4) is 17.2 Å². The van der Waals surface area contributed by atoms with Crippen molar-refractivity contribution in [3.63, 3.8) is 0 Å². The fourth-order valence-electron chi connectivity index (χ4n) is 1.81. The number of nitrogens with one attached hydrogen (secondary N) is 1. The van der Waals surface area contributed by atoms with Gasteiger partial charge in [0.05, 0.1) is 20.8 Å². The van der Waals surface area contributed by atoms with Crippen molar-refractivity contribution in [3.05, 3.63) is 22.7 Å². The Kier molecular flexibility index (Phi) is 5.16. The van der Waals surface area contributed by atoms with Gasteiger partial charge in [-0.15, -0.1) is 10.2 Å². The molecule has 0 aliphatic heterocycles. The van der Waals surface area contributed by atoms with Crippen LogP contribution in [0.1, 0.15) is 22.3 Å². The molecule has 0 aliphatic carbocycles. The first-order chi connectivity index (χ1) is 10.6. The van der Waals surface area contributed by atoms with Crippen LogP contribution in [0.5, 0.6) is 17.2 Å². The van der Waals surface area contributed by atoms with Gasteiger partial charge in [0, 0.05) is 5.56 Å². The summed E-state index contributed by atoms with van der Waals surface area (Å²) in [6, 6.07) is 3.19. The molecule has 0 spiro atoms. The highest BCUT2D eigenvalue weighted by Gasteiger charge is 2.18. The van der Waals surface area contributed by atoms with E-state index in [9.17, 15) is 4.79 Å². The number of anilines is 1. The van der Waals surface area contributed by atoms with E-state index in [1.807, 2.05) is 13.8 Å². The summed E-state index contributed by atoms with van der Waals surface area (Å²) in [4.78, 5) is 12.3. The largest absolute Gasteiger partial charge is 0.493 e.